The first-order valence-corrected chi connectivity index (χ1v) is 11.4. The minimum absolute atomic E-state index is 0.0301. The van der Waals surface area contributed by atoms with Crippen molar-refractivity contribution in [1.82, 2.24) is 25.0 Å². The van der Waals surface area contributed by atoms with Crippen molar-refractivity contribution in [2.24, 2.45) is 11.7 Å². The lowest BCUT2D eigenvalue weighted by atomic mass is 10.0. The van der Waals surface area contributed by atoms with E-state index in [9.17, 15) is 14.4 Å². The number of aromatic amines is 2. The summed E-state index contributed by atoms with van der Waals surface area (Å²) in [6.07, 6.45) is 0.579. The predicted octanol–water partition coefficient (Wildman–Crippen LogP) is 1.69. The molecule has 1 atom stereocenters. The number of esters is 1. The lowest BCUT2D eigenvalue weighted by Gasteiger charge is -2.27. The van der Waals surface area contributed by atoms with Gasteiger partial charge >= 0.3 is 5.97 Å². The first kappa shape index (κ1) is 23.5. The van der Waals surface area contributed by atoms with E-state index in [0.29, 0.717) is 24.2 Å². The number of hydrogen-bond donors (Lipinski definition) is 3. The van der Waals surface area contributed by atoms with Gasteiger partial charge in [0.15, 0.2) is 5.69 Å². The second-order valence-corrected chi connectivity index (χ2v) is 8.94. The topological polar surface area (TPSA) is 137 Å². The minimum atomic E-state index is -0.694. The number of likely N-dealkylation sites (N-methyl/N-ethyl adjacent to an activating group) is 1. The number of nitrogens with one attached hydrogen (secondary N) is 2. The van der Waals surface area contributed by atoms with Crippen LogP contribution in [0.1, 0.15) is 46.1 Å². The van der Waals surface area contributed by atoms with E-state index in [1.807, 2.05) is 44.2 Å². The van der Waals surface area contributed by atoms with E-state index < -0.39 is 12.0 Å². The highest BCUT2D eigenvalue weighted by Gasteiger charge is 2.30. The zero-order valence-corrected chi connectivity index (χ0v) is 19.6. The van der Waals surface area contributed by atoms with Crippen molar-refractivity contribution in [3.05, 3.63) is 53.0 Å². The van der Waals surface area contributed by atoms with Gasteiger partial charge < -0.3 is 25.3 Å². The van der Waals surface area contributed by atoms with Gasteiger partial charge in [-0.2, -0.15) is 5.10 Å². The molecule has 3 heterocycles. The fraction of sp³-hybridized carbons (Fsp3) is 0.417. The van der Waals surface area contributed by atoms with Gasteiger partial charge in [0, 0.05) is 42.2 Å². The molecule has 4 rings (SSSR count). The molecule has 0 saturated heterocycles. The number of carbonyl (C=O) groups excluding carboxylic acids is 3. The normalized spacial score (nSPS) is 14.2. The van der Waals surface area contributed by atoms with E-state index in [-0.39, 0.29) is 43.1 Å². The van der Waals surface area contributed by atoms with Crippen molar-refractivity contribution in [1.29, 1.82) is 0 Å². The molecular formula is C24H30N6O4. The number of fused-ring (bicyclic) bond motifs is 2. The van der Waals surface area contributed by atoms with Crippen molar-refractivity contribution in [3.63, 3.8) is 0 Å². The van der Waals surface area contributed by atoms with E-state index in [4.69, 9.17) is 10.5 Å². The van der Waals surface area contributed by atoms with Crippen LogP contribution in [-0.2, 0) is 22.5 Å². The van der Waals surface area contributed by atoms with E-state index in [1.54, 1.807) is 11.9 Å². The van der Waals surface area contributed by atoms with Crippen LogP contribution in [0.15, 0.2) is 30.3 Å². The molecule has 1 aromatic carbocycles. The monoisotopic (exact) mass is 466 g/mol. The first-order valence-electron chi connectivity index (χ1n) is 11.4. The molecule has 1 aliphatic heterocycles. The van der Waals surface area contributed by atoms with Crippen LogP contribution in [0.5, 0.6) is 0 Å². The number of benzene rings is 1. The van der Waals surface area contributed by atoms with Gasteiger partial charge in [0.25, 0.3) is 11.8 Å². The molecule has 10 nitrogen and oxygen atoms in total. The molecule has 180 valence electrons. The summed E-state index contributed by atoms with van der Waals surface area (Å²) >= 11 is 0. The van der Waals surface area contributed by atoms with Crippen LogP contribution < -0.4 is 5.73 Å². The van der Waals surface area contributed by atoms with E-state index >= 15 is 0 Å². The molecular weight excluding hydrogens is 436 g/mol. The molecule has 0 radical (unpaired) electrons. The average molecular weight is 467 g/mol. The van der Waals surface area contributed by atoms with Crippen LogP contribution >= 0.6 is 0 Å². The smallest absolute Gasteiger partial charge is 0.323 e. The number of nitrogens with two attached hydrogens (primary N) is 1. The third kappa shape index (κ3) is 4.67. The number of H-pyrrole nitrogens is 2. The maximum Gasteiger partial charge on any atom is 0.323 e. The van der Waals surface area contributed by atoms with Crippen molar-refractivity contribution in [3.8, 4) is 0 Å². The molecule has 10 heteroatoms. The van der Waals surface area contributed by atoms with Crippen molar-refractivity contribution < 1.29 is 19.1 Å². The van der Waals surface area contributed by atoms with Crippen LogP contribution in [0.2, 0.25) is 0 Å². The summed E-state index contributed by atoms with van der Waals surface area (Å²) in [6, 6.07) is 8.87. The predicted molar refractivity (Wildman–Crippen MR) is 126 cm³/mol. The largest absolute Gasteiger partial charge is 0.463 e. The number of para-hydroxylation sites is 1. The highest BCUT2D eigenvalue weighted by Crippen LogP contribution is 2.24. The maximum absolute atomic E-state index is 13.1. The Bertz CT molecular complexity index is 1180. The lowest BCUT2D eigenvalue weighted by molar-refractivity contribution is -0.146. The fourth-order valence-electron chi connectivity index (χ4n) is 3.94. The Labute approximate surface area is 197 Å². The number of aromatic nitrogens is 3. The number of carbonyl (C=O) groups is 3. The average Bonchev–Trinajstić information content (AvgIpc) is 3.46. The summed E-state index contributed by atoms with van der Waals surface area (Å²) in [5.41, 5.74) is 9.05. The molecule has 3 aromatic rings. The molecule has 4 N–H and O–H groups in total. The van der Waals surface area contributed by atoms with E-state index in [0.717, 1.165) is 16.6 Å². The van der Waals surface area contributed by atoms with Gasteiger partial charge in [-0.3, -0.25) is 19.5 Å². The molecule has 34 heavy (non-hydrogen) atoms. The summed E-state index contributed by atoms with van der Waals surface area (Å²) < 4.78 is 5.20. The molecule has 0 bridgehead atoms. The Hall–Kier alpha value is -3.66. The molecule has 0 fully saturated rings. The van der Waals surface area contributed by atoms with Crippen LogP contribution in [0.25, 0.3) is 10.9 Å². The van der Waals surface area contributed by atoms with Crippen molar-refractivity contribution >= 4 is 28.7 Å². The fourth-order valence-corrected chi connectivity index (χ4v) is 3.94. The number of amides is 2. The van der Waals surface area contributed by atoms with Gasteiger partial charge in [0.1, 0.15) is 18.3 Å². The Morgan fingerprint density at radius 1 is 1.26 bits per heavy atom. The number of ether oxygens (including phenoxy) is 1. The van der Waals surface area contributed by atoms with Gasteiger partial charge in [-0.1, -0.05) is 32.0 Å². The molecule has 0 aliphatic carbocycles. The maximum atomic E-state index is 13.1. The molecule has 2 amide bonds. The highest BCUT2D eigenvalue weighted by atomic mass is 16.5. The standard InChI is InChI=1S/C24H30N6O4/c1-14(2)20(25)24(33)34-11-10-29(3)23(32)21-16-13-30(9-8-18(16)27-28-21)22(31)19-12-15-6-4-5-7-17(15)26-19/h4-7,12,14,20,26H,8-11,13,25H2,1-3H3,(H,27,28)/t20-/m0/s1. The number of rotatable bonds is 7. The van der Waals surface area contributed by atoms with Crippen LogP contribution in [0, 0.1) is 5.92 Å². The van der Waals surface area contributed by atoms with Gasteiger partial charge in [0.2, 0.25) is 0 Å². The third-order valence-corrected chi connectivity index (χ3v) is 6.19. The van der Waals surface area contributed by atoms with E-state index in [1.165, 1.54) is 4.90 Å². The SMILES string of the molecule is CC(C)[C@H](N)C(=O)OCCN(C)C(=O)c1n[nH]c2c1CN(C(=O)c1cc3ccccc3[nH]1)CC2. The van der Waals surface area contributed by atoms with Crippen LogP contribution in [0.3, 0.4) is 0 Å². The number of nitrogens with zero attached hydrogens (tertiary/aromatic N) is 3. The van der Waals surface area contributed by atoms with Crippen molar-refractivity contribution in [2.75, 3.05) is 26.7 Å². The lowest BCUT2D eigenvalue weighted by Crippen LogP contribution is -2.39. The second kappa shape index (κ2) is 9.68. The van der Waals surface area contributed by atoms with Gasteiger partial charge in [-0.15, -0.1) is 0 Å². The summed E-state index contributed by atoms with van der Waals surface area (Å²) in [5, 5.41) is 8.14. The second-order valence-electron chi connectivity index (χ2n) is 8.94. The summed E-state index contributed by atoms with van der Waals surface area (Å²) in [5.74, 6) is -0.943. The van der Waals surface area contributed by atoms with Gasteiger partial charge in [0.05, 0.1) is 13.1 Å². The molecule has 0 unspecified atom stereocenters. The van der Waals surface area contributed by atoms with Gasteiger partial charge in [-0.05, 0) is 18.1 Å². The van der Waals surface area contributed by atoms with Crippen LogP contribution in [-0.4, -0.2) is 75.6 Å². The zero-order chi connectivity index (χ0) is 24.4. The number of hydrogen-bond acceptors (Lipinski definition) is 6. The van der Waals surface area contributed by atoms with Crippen LogP contribution in [0.4, 0.5) is 0 Å². The Balaban J connectivity index is 1.40. The Morgan fingerprint density at radius 2 is 2.03 bits per heavy atom. The highest BCUT2D eigenvalue weighted by molar-refractivity contribution is 5.98. The van der Waals surface area contributed by atoms with Gasteiger partial charge in [-0.25, -0.2) is 0 Å². The minimum Gasteiger partial charge on any atom is -0.463 e. The van der Waals surface area contributed by atoms with E-state index in [2.05, 4.69) is 15.2 Å². The first-order chi connectivity index (χ1) is 16.3. The third-order valence-electron chi connectivity index (χ3n) is 6.19. The zero-order valence-electron chi connectivity index (χ0n) is 19.6. The van der Waals surface area contributed by atoms with Crippen molar-refractivity contribution in [2.45, 2.75) is 32.9 Å². The Kier molecular flexibility index (Phi) is 6.69. The summed E-state index contributed by atoms with van der Waals surface area (Å²) in [6.45, 7) is 4.74. The molecule has 0 saturated carbocycles. The molecule has 2 aromatic heterocycles. The quantitative estimate of drug-likeness (QED) is 0.453. The molecule has 1 aliphatic rings. The summed E-state index contributed by atoms with van der Waals surface area (Å²) in [4.78, 5) is 44.4. The molecule has 0 spiro atoms. The summed E-state index contributed by atoms with van der Waals surface area (Å²) in [7, 11) is 1.62. The Morgan fingerprint density at radius 3 is 2.76 bits per heavy atom.